The van der Waals surface area contributed by atoms with Crippen molar-refractivity contribution in [2.75, 3.05) is 0 Å². The third-order valence-electron chi connectivity index (χ3n) is 3.55. The number of nitrogens with two attached hydrogens (primary N) is 1. The average molecular weight is 273 g/mol. The molecule has 2 aromatic carbocycles. The van der Waals surface area contributed by atoms with E-state index in [-0.39, 0.29) is 5.82 Å². The molecule has 2 rings (SSSR count). The molecule has 0 unspecified atom stereocenters. The molecule has 2 aromatic rings. The quantitative estimate of drug-likeness (QED) is 0.889. The van der Waals surface area contributed by atoms with Gasteiger partial charge in [0.15, 0.2) is 0 Å². The molecule has 0 spiro atoms. The predicted molar refractivity (Wildman–Crippen MR) is 79.7 cm³/mol. The highest BCUT2D eigenvalue weighted by atomic mass is 19.1. The van der Waals surface area contributed by atoms with Gasteiger partial charge in [-0.05, 0) is 56.5 Å². The molecular formula is C17H20FNO. The van der Waals surface area contributed by atoms with Gasteiger partial charge in [-0.3, -0.25) is 0 Å². The maximum absolute atomic E-state index is 13.9. The first-order valence-corrected chi connectivity index (χ1v) is 6.70. The van der Waals surface area contributed by atoms with Crippen molar-refractivity contribution in [3.05, 3.63) is 58.4 Å². The Morgan fingerprint density at radius 3 is 2.35 bits per heavy atom. The second kappa shape index (κ2) is 5.63. The van der Waals surface area contributed by atoms with Crippen molar-refractivity contribution in [2.45, 2.75) is 33.7 Å². The summed E-state index contributed by atoms with van der Waals surface area (Å²) in [7, 11) is 0. The molecule has 20 heavy (non-hydrogen) atoms. The van der Waals surface area contributed by atoms with E-state index >= 15 is 0 Å². The Labute approximate surface area is 119 Å². The Hall–Kier alpha value is -1.87. The number of aryl methyl sites for hydroxylation is 2. The van der Waals surface area contributed by atoms with Gasteiger partial charge in [0.05, 0.1) is 0 Å². The van der Waals surface area contributed by atoms with Gasteiger partial charge in [-0.1, -0.05) is 18.2 Å². The number of hydrogen-bond acceptors (Lipinski definition) is 2. The standard InChI is InChI=1S/C17H20FNO/c1-10-8-9-11(2)17(12(10)3)20-15-7-5-6-14(18)16(15)13(4)19/h5-9,13H,19H2,1-4H3/t13-/m1/s1. The number of hydrogen-bond donors (Lipinski definition) is 1. The van der Waals surface area contributed by atoms with Crippen LogP contribution in [0.1, 0.15) is 35.2 Å². The number of rotatable bonds is 3. The summed E-state index contributed by atoms with van der Waals surface area (Å²) in [6, 6.07) is 8.43. The monoisotopic (exact) mass is 273 g/mol. The summed E-state index contributed by atoms with van der Waals surface area (Å²) in [5.74, 6) is 0.926. The summed E-state index contributed by atoms with van der Waals surface area (Å²) in [4.78, 5) is 0. The van der Waals surface area contributed by atoms with Gasteiger partial charge in [-0.2, -0.15) is 0 Å². The van der Waals surface area contributed by atoms with Crippen LogP contribution in [0.5, 0.6) is 11.5 Å². The zero-order chi connectivity index (χ0) is 14.9. The van der Waals surface area contributed by atoms with Gasteiger partial charge in [0, 0.05) is 11.6 Å². The van der Waals surface area contributed by atoms with Crippen LogP contribution in [0.15, 0.2) is 30.3 Å². The Morgan fingerprint density at radius 1 is 1.05 bits per heavy atom. The van der Waals surface area contributed by atoms with Crippen LogP contribution in [0, 0.1) is 26.6 Å². The highest BCUT2D eigenvalue weighted by molar-refractivity contribution is 5.48. The largest absolute Gasteiger partial charge is 0.456 e. The van der Waals surface area contributed by atoms with Gasteiger partial charge in [0.1, 0.15) is 17.3 Å². The average Bonchev–Trinajstić information content (AvgIpc) is 2.39. The molecule has 0 saturated carbocycles. The summed E-state index contributed by atoms with van der Waals surface area (Å²) < 4.78 is 19.9. The highest BCUT2D eigenvalue weighted by Gasteiger charge is 2.16. The summed E-state index contributed by atoms with van der Waals surface area (Å²) >= 11 is 0. The van der Waals surface area contributed by atoms with Crippen LogP contribution in [0.4, 0.5) is 4.39 Å². The molecule has 2 nitrogen and oxygen atoms in total. The van der Waals surface area contributed by atoms with Gasteiger partial charge in [-0.25, -0.2) is 4.39 Å². The predicted octanol–water partition coefficient (Wildman–Crippen LogP) is 4.56. The Balaban J connectivity index is 2.51. The van der Waals surface area contributed by atoms with E-state index in [4.69, 9.17) is 10.5 Å². The van der Waals surface area contributed by atoms with Crippen molar-refractivity contribution in [1.29, 1.82) is 0 Å². The first-order valence-electron chi connectivity index (χ1n) is 6.70. The minimum atomic E-state index is -0.420. The zero-order valence-electron chi connectivity index (χ0n) is 12.3. The first-order chi connectivity index (χ1) is 9.41. The number of ether oxygens (including phenoxy) is 1. The second-order valence-electron chi connectivity index (χ2n) is 5.20. The van der Waals surface area contributed by atoms with Crippen molar-refractivity contribution in [2.24, 2.45) is 5.73 Å². The maximum atomic E-state index is 13.9. The maximum Gasteiger partial charge on any atom is 0.135 e. The molecule has 0 saturated heterocycles. The van der Waals surface area contributed by atoms with Crippen molar-refractivity contribution in [3.63, 3.8) is 0 Å². The van der Waals surface area contributed by atoms with Crippen LogP contribution in [0.2, 0.25) is 0 Å². The van der Waals surface area contributed by atoms with E-state index in [1.54, 1.807) is 19.1 Å². The van der Waals surface area contributed by atoms with Crippen molar-refractivity contribution in [3.8, 4) is 11.5 Å². The fraction of sp³-hybridized carbons (Fsp3) is 0.294. The summed E-state index contributed by atoms with van der Waals surface area (Å²) in [5.41, 5.74) is 9.49. The van der Waals surface area contributed by atoms with E-state index in [2.05, 4.69) is 6.07 Å². The summed E-state index contributed by atoms with van der Waals surface area (Å²) in [6.45, 7) is 7.76. The van der Waals surface area contributed by atoms with Crippen molar-refractivity contribution in [1.82, 2.24) is 0 Å². The highest BCUT2D eigenvalue weighted by Crippen LogP contribution is 2.35. The van der Waals surface area contributed by atoms with Gasteiger partial charge in [0.2, 0.25) is 0 Å². The molecule has 1 atom stereocenters. The third kappa shape index (κ3) is 2.68. The van der Waals surface area contributed by atoms with Gasteiger partial charge in [0.25, 0.3) is 0 Å². The molecule has 2 N–H and O–H groups in total. The van der Waals surface area contributed by atoms with E-state index in [0.717, 1.165) is 22.4 Å². The van der Waals surface area contributed by atoms with E-state index in [1.807, 2.05) is 26.8 Å². The van der Waals surface area contributed by atoms with Gasteiger partial charge in [-0.15, -0.1) is 0 Å². The van der Waals surface area contributed by atoms with E-state index in [0.29, 0.717) is 11.3 Å². The van der Waals surface area contributed by atoms with Crippen LogP contribution in [0.3, 0.4) is 0 Å². The molecule has 3 heteroatoms. The van der Waals surface area contributed by atoms with Crippen LogP contribution in [-0.4, -0.2) is 0 Å². The normalized spacial score (nSPS) is 12.3. The molecule has 0 amide bonds. The Morgan fingerprint density at radius 2 is 1.70 bits per heavy atom. The molecule has 0 aromatic heterocycles. The van der Waals surface area contributed by atoms with E-state index in [1.165, 1.54) is 6.07 Å². The van der Waals surface area contributed by atoms with Gasteiger partial charge >= 0.3 is 0 Å². The molecule has 0 heterocycles. The molecule has 0 aliphatic rings. The van der Waals surface area contributed by atoms with Crippen LogP contribution in [-0.2, 0) is 0 Å². The van der Waals surface area contributed by atoms with Crippen LogP contribution < -0.4 is 10.5 Å². The molecule has 0 bridgehead atoms. The minimum Gasteiger partial charge on any atom is -0.456 e. The first kappa shape index (κ1) is 14.5. The van der Waals surface area contributed by atoms with Gasteiger partial charge < -0.3 is 10.5 Å². The molecule has 0 aliphatic carbocycles. The van der Waals surface area contributed by atoms with Crippen LogP contribution >= 0.6 is 0 Å². The number of benzene rings is 2. The molecule has 0 fully saturated rings. The van der Waals surface area contributed by atoms with E-state index < -0.39 is 6.04 Å². The lowest BCUT2D eigenvalue weighted by atomic mass is 10.0. The minimum absolute atomic E-state index is 0.333. The van der Waals surface area contributed by atoms with Crippen LogP contribution in [0.25, 0.3) is 0 Å². The molecule has 0 radical (unpaired) electrons. The lowest BCUT2D eigenvalue weighted by molar-refractivity contribution is 0.454. The lowest BCUT2D eigenvalue weighted by Gasteiger charge is -2.18. The fourth-order valence-electron chi connectivity index (χ4n) is 2.24. The third-order valence-corrected chi connectivity index (χ3v) is 3.55. The molecule has 0 aliphatic heterocycles. The number of halogens is 1. The smallest absolute Gasteiger partial charge is 0.135 e. The zero-order valence-corrected chi connectivity index (χ0v) is 12.3. The Bertz CT molecular complexity index is 635. The Kier molecular flexibility index (Phi) is 4.09. The summed E-state index contributed by atoms with van der Waals surface area (Å²) in [6.07, 6.45) is 0. The summed E-state index contributed by atoms with van der Waals surface area (Å²) in [5, 5.41) is 0. The second-order valence-corrected chi connectivity index (χ2v) is 5.20. The fourth-order valence-corrected chi connectivity index (χ4v) is 2.24. The molecular weight excluding hydrogens is 253 g/mol. The lowest BCUT2D eigenvalue weighted by Crippen LogP contribution is -2.09. The SMILES string of the molecule is Cc1ccc(C)c(Oc2cccc(F)c2[C@@H](C)N)c1C. The van der Waals surface area contributed by atoms with Crippen molar-refractivity contribution >= 4 is 0 Å². The van der Waals surface area contributed by atoms with E-state index in [9.17, 15) is 4.39 Å². The topological polar surface area (TPSA) is 35.2 Å². The molecule has 106 valence electrons. The van der Waals surface area contributed by atoms with Crippen molar-refractivity contribution < 1.29 is 9.13 Å².